The lowest BCUT2D eigenvalue weighted by Crippen LogP contribution is -2.21. The van der Waals surface area contributed by atoms with Crippen LogP contribution >= 0.6 is 0 Å². The molecule has 0 aliphatic heterocycles. The van der Waals surface area contributed by atoms with E-state index in [9.17, 15) is 0 Å². The first-order valence-electron chi connectivity index (χ1n) is 6.34. The molecule has 3 aromatic heterocycles. The summed E-state index contributed by atoms with van der Waals surface area (Å²) in [5.74, 6) is 1.03. The second-order valence-electron chi connectivity index (χ2n) is 4.49. The Hall–Kier alpha value is -2.54. The third kappa shape index (κ3) is 2.43. The first kappa shape index (κ1) is 12.5. The van der Waals surface area contributed by atoms with E-state index >= 15 is 0 Å². The lowest BCUT2D eigenvalue weighted by Gasteiger charge is -2.12. The summed E-state index contributed by atoms with van der Waals surface area (Å²) in [6.07, 6.45) is 3.33. The highest BCUT2D eigenvalue weighted by Crippen LogP contribution is 2.16. The van der Waals surface area contributed by atoms with Gasteiger partial charge in [0, 0.05) is 12.7 Å². The summed E-state index contributed by atoms with van der Waals surface area (Å²) in [6.45, 7) is 2.63. The molecule has 0 aliphatic rings. The standard InChI is InChI=1S/C13H15N7/c1-8(16-6-9-4-2-3-5-15-9)12-19-11(14)10-13(20-12)18-7-17-10/h2-5,7-8,16H,6H2,1H3,(H3,14,17,18,19,20). The molecule has 3 aromatic rings. The average molecular weight is 269 g/mol. The quantitative estimate of drug-likeness (QED) is 0.656. The average Bonchev–Trinajstić information content (AvgIpc) is 2.95. The lowest BCUT2D eigenvalue weighted by atomic mass is 10.2. The van der Waals surface area contributed by atoms with Crippen molar-refractivity contribution in [3.63, 3.8) is 0 Å². The van der Waals surface area contributed by atoms with Crippen LogP contribution in [0.3, 0.4) is 0 Å². The summed E-state index contributed by atoms with van der Waals surface area (Å²) in [5, 5.41) is 3.32. The minimum absolute atomic E-state index is 0.0413. The van der Waals surface area contributed by atoms with Crippen LogP contribution in [0.25, 0.3) is 11.2 Å². The number of hydrogen-bond donors (Lipinski definition) is 3. The topological polar surface area (TPSA) is 105 Å². The zero-order chi connectivity index (χ0) is 13.9. The number of anilines is 1. The number of rotatable bonds is 4. The van der Waals surface area contributed by atoms with Crippen LogP contribution in [-0.2, 0) is 6.54 Å². The summed E-state index contributed by atoms with van der Waals surface area (Å²) in [4.78, 5) is 20.0. The van der Waals surface area contributed by atoms with Crippen LogP contribution in [0.5, 0.6) is 0 Å². The van der Waals surface area contributed by atoms with Gasteiger partial charge in [0.2, 0.25) is 0 Å². The van der Waals surface area contributed by atoms with Gasteiger partial charge in [0.05, 0.1) is 18.1 Å². The van der Waals surface area contributed by atoms with Crippen molar-refractivity contribution in [2.75, 3.05) is 5.73 Å². The molecular formula is C13H15N7. The number of aromatic amines is 1. The number of H-pyrrole nitrogens is 1. The molecule has 0 saturated carbocycles. The molecule has 0 bridgehead atoms. The maximum Gasteiger partial charge on any atom is 0.183 e. The van der Waals surface area contributed by atoms with E-state index in [1.165, 1.54) is 0 Å². The number of hydrogen-bond acceptors (Lipinski definition) is 6. The van der Waals surface area contributed by atoms with E-state index in [1.54, 1.807) is 12.5 Å². The number of nitrogens with two attached hydrogens (primary N) is 1. The van der Waals surface area contributed by atoms with Gasteiger partial charge < -0.3 is 16.0 Å². The molecule has 3 heterocycles. The molecule has 1 atom stereocenters. The van der Waals surface area contributed by atoms with Gasteiger partial charge in [-0.2, -0.15) is 0 Å². The summed E-state index contributed by atoms with van der Waals surface area (Å²) in [5.41, 5.74) is 8.10. The van der Waals surface area contributed by atoms with Gasteiger partial charge in [-0.25, -0.2) is 15.0 Å². The normalized spacial score (nSPS) is 12.7. The monoisotopic (exact) mass is 269 g/mol. The van der Waals surface area contributed by atoms with Crippen molar-refractivity contribution in [2.24, 2.45) is 0 Å². The van der Waals surface area contributed by atoms with Crippen LogP contribution in [0.4, 0.5) is 5.82 Å². The number of aromatic nitrogens is 5. The first-order chi connectivity index (χ1) is 9.74. The Labute approximate surface area is 115 Å². The van der Waals surface area contributed by atoms with E-state index < -0.39 is 0 Å². The molecule has 3 rings (SSSR count). The van der Waals surface area contributed by atoms with Crippen LogP contribution in [0.2, 0.25) is 0 Å². The van der Waals surface area contributed by atoms with Crippen molar-refractivity contribution < 1.29 is 0 Å². The van der Waals surface area contributed by atoms with Gasteiger partial charge in [0.1, 0.15) is 11.3 Å². The van der Waals surface area contributed by atoms with Crippen molar-refractivity contribution in [1.29, 1.82) is 0 Å². The molecule has 7 heteroatoms. The van der Waals surface area contributed by atoms with Gasteiger partial charge in [-0.3, -0.25) is 4.98 Å². The van der Waals surface area contributed by atoms with E-state index in [-0.39, 0.29) is 6.04 Å². The maximum absolute atomic E-state index is 5.88. The Bertz CT molecular complexity index is 707. The van der Waals surface area contributed by atoms with Crippen molar-refractivity contribution in [3.8, 4) is 0 Å². The lowest BCUT2D eigenvalue weighted by molar-refractivity contribution is 0.543. The summed E-state index contributed by atoms with van der Waals surface area (Å²) < 4.78 is 0. The molecule has 7 nitrogen and oxygen atoms in total. The van der Waals surface area contributed by atoms with Crippen LogP contribution in [-0.4, -0.2) is 24.9 Å². The second-order valence-corrected chi connectivity index (χ2v) is 4.49. The van der Waals surface area contributed by atoms with Crippen molar-refractivity contribution in [2.45, 2.75) is 19.5 Å². The van der Waals surface area contributed by atoms with Gasteiger partial charge >= 0.3 is 0 Å². The molecule has 0 spiro atoms. The highest BCUT2D eigenvalue weighted by Gasteiger charge is 2.13. The molecule has 0 amide bonds. The van der Waals surface area contributed by atoms with E-state index in [2.05, 4.69) is 30.2 Å². The molecule has 0 fully saturated rings. The van der Waals surface area contributed by atoms with Crippen LogP contribution in [0.15, 0.2) is 30.7 Å². The predicted molar refractivity (Wildman–Crippen MR) is 75.6 cm³/mol. The molecule has 20 heavy (non-hydrogen) atoms. The number of imidazole rings is 1. The Balaban J connectivity index is 1.76. The fourth-order valence-corrected chi connectivity index (χ4v) is 1.92. The third-order valence-corrected chi connectivity index (χ3v) is 3.03. The molecular weight excluding hydrogens is 254 g/mol. The number of fused-ring (bicyclic) bond motifs is 1. The Morgan fingerprint density at radius 2 is 2.20 bits per heavy atom. The fourth-order valence-electron chi connectivity index (χ4n) is 1.92. The van der Waals surface area contributed by atoms with Gasteiger partial charge in [0.15, 0.2) is 11.5 Å². The van der Waals surface area contributed by atoms with Gasteiger partial charge in [-0.1, -0.05) is 6.07 Å². The molecule has 4 N–H and O–H groups in total. The minimum atomic E-state index is -0.0413. The number of pyridine rings is 1. The molecule has 0 saturated heterocycles. The molecule has 1 unspecified atom stereocenters. The highest BCUT2D eigenvalue weighted by atomic mass is 15.1. The van der Waals surface area contributed by atoms with Crippen LogP contribution in [0, 0.1) is 0 Å². The highest BCUT2D eigenvalue weighted by molar-refractivity contribution is 5.80. The van der Waals surface area contributed by atoms with Gasteiger partial charge in [0.25, 0.3) is 0 Å². The first-order valence-corrected chi connectivity index (χ1v) is 6.34. The van der Waals surface area contributed by atoms with E-state index in [1.807, 2.05) is 25.1 Å². The van der Waals surface area contributed by atoms with Crippen LogP contribution < -0.4 is 11.1 Å². The molecule has 102 valence electrons. The summed E-state index contributed by atoms with van der Waals surface area (Å²) >= 11 is 0. The predicted octanol–water partition coefficient (Wildman–Crippen LogP) is 1.18. The van der Waals surface area contributed by atoms with Crippen molar-refractivity contribution in [1.82, 2.24) is 30.2 Å². The van der Waals surface area contributed by atoms with Gasteiger partial charge in [-0.05, 0) is 19.1 Å². The SMILES string of the molecule is CC(NCc1ccccn1)c1nc(N)c2[nH]cnc2n1. The van der Waals surface area contributed by atoms with E-state index in [4.69, 9.17) is 5.73 Å². The molecule has 0 aliphatic carbocycles. The van der Waals surface area contributed by atoms with Crippen molar-refractivity contribution in [3.05, 3.63) is 42.2 Å². The smallest absolute Gasteiger partial charge is 0.183 e. The van der Waals surface area contributed by atoms with Crippen molar-refractivity contribution >= 4 is 17.0 Å². The zero-order valence-electron chi connectivity index (χ0n) is 11.0. The molecule has 0 radical (unpaired) electrons. The minimum Gasteiger partial charge on any atom is -0.382 e. The third-order valence-electron chi connectivity index (χ3n) is 3.03. The van der Waals surface area contributed by atoms with Gasteiger partial charge in [-0.15, -0.1) is 0 Å². The molecule has 0 aromatic carbocycles. The van der Waals surface area contributed by atoms with E-state index in [0.29, 0.717) is 29.4 Å². The Morgan fingerprint density at radius 1 is 1.30 bits per heavy atom. The number of nitrogen functional groups attached to an aromatic ring is 1. The number of nitrogens with one attached hydrogen (secondary N) is 2. The Morgan fingerprint density at radius 3 is 3.00 bits per heavy atom. The Kier molecular flexibility index (Phi) is 3.26. The summed E-state index contributed by atoms with van der Waals surface area (Å²) in [7, 11) is 0. The maximum atomic E-state index is 5.88. The zero-order valence-corrected chi connectivity index (χ0v) is 11.0. The largest absolute Gasteiger partial charge is 0.382 e. The second kappa shape index (κ2) is 5.22. The van der Waals surface area contributed by atoms with Crippen LogP contribution in [0.1, 0.15) is 24.5 Å². The summed E-state index contributed by atoms with van der Waals surface area (Å²) in [6, 6.07) is 5.77. The van der Waals surface area contributed by atoms with E-state index in [0.717, 1.165) is 5.69 Å². The fraction of sp³-hybridized carbons (Fsp3) is 0.231. The number of nitrogens with zero attached hydrogens (tertiary/aromatic N) is 4.